The van der Waals surface area contributed by atoms with Gasteiger partial charge in [-0.3, -0.25) is 4.79 Å². The predicted molar refractivity (Wildman–Crippen MR) is 106 cm³/mol. The minimum atomic E-state index is -4.00. The molecule has 28 heavy (non-hydrogen) atoms. The predicted octanol–water partition coefficient (Wildman–Crippen LogP) is 1.97. The first-order valence-corrected chi connectivity index (χ1v) is 10.6. The fraction of sp³-hybridized carbons (Fsp3) is 0.474. The molecular weight excluding hydrogens is 382 g/mol. The van der Waals surface area contributed by atoms with Crippen LogP contribution in [0.4, 0.5) is 0 Å². The molecule has 0 saturated carbocycles. The van der Waals surface area contributed by atoms with E-state index in [0.717, 1.165) is 30.0 Å². The lowest BCUT2D eigenvalue weighted by molar-refractivity contribution is -0.128. The Hall–Kier alpha value is -2.55. The second-order valence-electron chi connectivity index (χ2n) is 6.73. The number of methoxy groups -OCH3 is 2. The molecule has 0 bridgehead atoms. The number of likely N-dealkylation sites (N-methyl/N-ethyl adjacent to an activating group) is 1. The topological polar surface area (TPSA) is 88.5 Å². The number of benzene rings is 1. The summed E-state index contributed by atoms with van der Waals surface area (Å²) in [7, 11) is 0.370. The molecule has 0 aromatic heterocycles. The van der Waals surface area contributed by atoms with Crippen molar-refractivity contribution in [3.63, 3.8) is 0 Å². The Bertz CT molecular complexity index is 915. The van der Waals surface area contributed by atoms with Crippen molar-refractivity contribution in [1.82, 2.24) is 9.21 Å². The number of amides is 1. The van der Waals surface area contributed by atoms with Crippen LogP contribution >= 0.6 is 0 Å². The number of allylic oxidation sites excluding steroid dienone is 1. The van der Waals surface area contributed by atoms with Crippen molar-refractivity contribution in [3.8, 4) is 11.5 Å². The number of ether oxygens (including phenoxy) is 2. The first-order chi connectivity index (χ1) is 13.4. The quantitative estimate of drug-likeness (QED) is 0.761. The molecule has 1 saturated heterocycles. The highest BCUT2D eigenvalue weighted by atomic mass is 32.2. The zero-order valence-electron chi connectivity index (χ0n) is 16.3. The van der Waals surface area contributed by atoms with Crippen LogP contribution in [0.5, 0.6) is 11.5 Å². The molecule has 1 aromatic rings. The van der Waals surface area contributed by atoms with Gasteiger partial charge in [0, 0.05) is 25.7 Å². The van der Waals surface area contributed by atoms with Gasteiger partial charge in [-0.2, -0.15) is 8.42 Å². The van der Waals surface area contributed by atoms with E-state index in [-0.39, 0.29) is 17.3 Å². The van der Waals surface area contributed by atoms with Gasteiger partial charge in [0.25, 0.3) is 5.91 Å². The van der Waals surface area contributed by atoms with Gasteiger partial charge in [0.15, 0.2) is 11.5 Å². The van der Waals surface area contributed by atoms with Gasteiger partial charge >= 0.3 is 10.2 Å². The summed E-state index contributed by atoms with van der Waals surface area (Å²) >= 11 is 0. The maximum atomic E-state index is 13.1. The van der Waals surface area contributed by atoms with E-state index in [1.807, 2.05) is 0 Å². The van der Waals surface area contributed by atoms with E-state index in [0.29, 0.717) is 30.2 Å². The Morgan fingerprint density at radius 3 is 2.29 bits per heavy atom. The van der Waals surface area contributed by atoms with Crippen molar-refractivity contribution in [2.75, 3.05) is 34.4 Å². The summed E-state index contributed by atoms with van der Waals surface area (Å²) in [6, 6.07) is 5.00. The second-order valence-corrected chi connectivity index (χ2v) is 8.35. The van der Waals surface area contributed by atoms with Crippen molar-refractivity contribution >= 4 is 21.8 Å². The molecule has 0 unspecified atom stereocenters. The molecule has 1 amide bonds. The zero-order chi connectivity index (χ0) is 20.3. The minimum Gasteiger partial charge on any atom is -0.493 e. The van der Waals surface area contributed by atoms with Crippen molar-refractivity contribution in [3.05, 3.63) is 35.5 Å². The van der Waals surface area contributed by atoms with Gasteiger partial charge in [0.05, 0.1) is 19.9 Å². The van der Waals surface area contributed by atoms with Crippen LogP contribution in [0.15, 0.2) is 34.4 Å². The largest absolute Gasteiger partial charge is 0.493 e. The SMILES string of the molecule is COc1ccc(C2=NS(=O)(=O)N(C)C(C(=O)N3CCCCCC3)=C2)cc1OC. The van der Waals surface area contributed by atoms with Crippen molar-refractivity contribution < 1.29 is 22.7 Å². The summed E-state index contributed by atoms with van der Waals surface area (Å²) in [6.45, 7) is 1.26. The Morgan fingerprint density at radius 1 is 1.04 bits per heavy atom. The second kappa shape index (κ2) is 8.22. The molecule has 2 aliphatic rings. The molecule has 9 heteroatoms. The van der Waals surface area contributed by atoms with Crippen LogP contribution in [-0.4, -0.2) is 63.6 Å². The molecule has 8 nitrogen and oxygen atoms in total. The first-order valence-electron chi connectivity index (χ1n) is 9.19. The standard InChI is InChI=1S/C19H25N3O5S/c1-21-16(19(23)22-10-6-4-5-7-11-22)13-15(20-28(21,24)25)14-8-9-17(26-2)18(12-14)27-3/h8-9,12-13H,4-7,10-11H2,1-3H3. The fourth-order valence-electron chi connectivity index (χ4n) is 3.32. The van der Waals surface area contributed by atoms with E-state index < -0.39 is 10.2 Å². The maximum Gasteiger partial charge on any atom is 0.345 e. The van der Waals surface area contributed by atoms with E-state index in [9.17, 15) is 13.2 Å². The molecule has 0 radical (unpaired) electrons. The smallest absolute Gasteiger partial charge is 0.345 e. The third kappa shape index (κ3) is 3.99. The van der Waals surface area contributed by atoms with Crippen LogP contribution in [0.2, 0.25) is 0 Å². The molecule has 0 aliphatic carbocycles. The monoisotopic (exact) mass is 407 g/mol. The Labute approximate surface area is 165 Å². The van der Waals surface area contributed by atoms with Crippen LogP contribution in [0, 0.1) is 0 Å². The number of rotatable bonds is 4. The zero-order valence-corrected chi connectivity index (χ0v) is 17.2. The Kier molecular flexibility index (Phi) is 5.93. The minimum absolute atomic E-state index is 0.0988. The molecule has 152 valence electrons. The Balaban J connectivity index is 2.00. The molecule has 3 rings (SSSR count). The average molecular weight is 407 g/mol. The highest BCUT2D eigenvalue weighted by molar-refractivity contribution is 7.88. The molecule has 0 atom stereocenters. The fourth-order valence-corrected chi connectivity index (χ4v) is 4.23. The molecule has 0 N–H and O–H groups in total. The third-order valence-corrected chi connectivity index (χ3v) is 6.28. The van der Waals surface area contributed by atoms with Crippen LogP contribution in [0.3, 0.4) is 0 Å². The molecule has 2 heterocycles. The van der Waals surface area contributed by atoms with Gasteiger partial charge in [0.1, 0.15) is 5.70 Å². The van der Waals surface area contributed by atoms with Crippen LogP contribution in [0.25, 0.3) is 0 Å². The van der Waals surface area contributed by atoms with Crippen LogP contribution < -0.4 is 9.47 Å². The van der Waals surface area contributed by atoms with Gasteiger partial charge in [-0.15, -0.1) is 4.40 Å². The lowest BCUT2D eigenvalue weighted by atomic mass is 10.1. The summed E-state index contributed by atoms with van der Waals surface area (Å²) in [6.07, 6.45) is 5.53. The summed E-state index contributed by atoms with van der Waals surface area (Å²) < 4.78 is 40.5. The molecule has 2 aliphatic heterocycles. The van der Waals surface area contributed by atoms with E-state index in [4.69, 9.17) is 9.47 Å². The number of carbonyl (C=O) groups is 1. The first kappa shape index (κ1) is 20.2. The maximum absolute atomic E-state index is 13.1. The van der Waals surface area contributed by atoms with E-state index in [2.05, 4.69) is 4.40 Å². The summed E-state index contributed by atoms with van der Waals surface area (Å²) in [5.41, 5.74) is 0.814. The number of hydrogen-bond donors (Lipinski definition) is 0. The van der Waals surface area contributed by atoms with Gasteiger partial charge in [-0.1, -0.05) is 12.8 Å². The average Bonchev–Trinajstić information content (AvgIpc) is 2.98. The lowest BCUT2D eigenvalue weighted by Gasteiger charge is -2.28. The van der Waals surface area contributed by atoms with Gasteiger partial charge in [-0.25, -0.2) is 4.31 Å². The molecule has 1 aromatic carbocycles. The van der Waals surface area contributed by atoms with E-state index in [1.54, 1.807) is 23.1 Å². The van der Waals surface area contributed by atoms with Crippen molar-refractivity contribution in [1.29, 1.82) is 0 Å². The normalized spacial score (nSPS) is 19.4. The number of likely N-dealkylation sites (tertiary alicyclic amines) is 1. The van der Waals surface area contributed by atoms with Crippen molar-refractivity contribution in [2.45, 2.75) is 25.7 Å². The van der Waals surface area contributed by atoms with Crippen LogP contribution in [-0.2, 0) is 15.0 Å². The summed E-state index contributed by atoms with van der Waals surface area (Å²) in [5.74, 6) is 0.682. The van der Waals surface area contributed by atoms with Gasteiger partial charge in [-0.05, 0) is 37.1 Å². The third-order valence-electron chi connectivity index (χ3n) is 4.96. The van der Waals surface area contributed by atoms with E-state index >= 15 is 0 Å². The highest BCUT2D eigenvalue weighted by Crippen LogP contribution is 2.30. The number of nitrogens with zero attached hydrogens (tertiary/aromatic N) is 3. The molecular formula is C19H25N3O5S. The van der Waals surface area contributed by atoms with Crippen molar-refractivity contribution in [2.24, 2.45) is 4.40 Å². The van der Waals surface area contributed by atoms with Crippen LogP contribution in [0.1, 0.15) is 31.2 Å². The summed E-state index contributed by atoms with van der Waals surface area (Å²) in [5, 5.41) is 0. The van der Waals surface area contributed by atoms with Gasteiger partial charge in [0.2, 0.25) is 0 Å². The van der Waals surface area contributed by atoms with Gasteiger partial charge < -0.3 is 14.4 Å². The Morgan fingerprint density at radius 2 is 1.68 bits per heavy atom. The number of hydrogen-bond acceptors (Lipinski definition) is 5. The summed E-state index contributed by atoms with van der Waals surface area (Å²) in [4.78, 5) is 14.8. The van der Waals surface area contributed by atoms with E-state index in [1.165, 1.54) is 27.3 Å². The highest BCUT2D eigenvalue weighted by Gasteiger charge is 2.32. The number of carbonyl (C=O) groups excluding carboxylic acids is 1. The molecule has 0 spiro atoms. The lowest BCUT2D eigenvalue weighted by Crippen LogP contribution is -2.41. The molecule has 1 fully saturated rings.